The van der Waals surface area contributed by atoms with Crippen LogP contribution in [-0.4, -0.2) is 47.7 Å². The Morgan fingerprint density at radius 2 is 2.25 bits per heavy atom. The van der Waals surface area contributed by atoms with Gasteiger partial charge in [0.1, 0.15) is 0 Å². The summed E-state index contributed by atoms with van der Waals surface area (Å²) >= 11 is 11.7. The van der Waals surface area contributed by atoms with E-state index in [-0.39, 0.29) is 25.2 Å². The molecule has 2 amide bonds. The molecule has 24 heavy (non-hydrogen) atoms. The number of carboxylic acid groups (broad SMARTS) is 1. The van der Waals surface area contributed by atoms with Crippen LogP contribution in [-0.2, 0) is 4.74 Å². The predicted molar refractivity (Wildman–Crippen MR) is 91.7 cm³/mol. The van der Waals surface area contributed by atoms with Gasteiger partial charge in [-0.15, -0.1) is 0 Å². The fourth-order valence-corrected chi connectivity index (χ4v) is 3.30. The monoisotopic (exact) mass is 374 g/mol. The summed E-state index contributed by atoms with van der Waals surface area (Å²) in [6.07, 6.45) is 0.369. The van der Waals surface area contributed by atoms with E-state index in [4.69, 9.17) is 33.0 Å². The molecule has 0 aromatic heterocycles. The number of carbonyl (C=O) groups excluding carboxylic acids is 1. The van der Waals surface area contributed by atoms with Crippen molar-refractivity contribution in [2.75, 3.05) is 26.2 Å². The van der Waals surface area contributed by atoms with Gasteiger partial charge in [-0.2, -0.15) is 0 Å². The van der Waals surface area contributed by atoms with Gasteiger partial charge in [0.05, 0.1) is 12.7 Å². The first-order chi connectivity index (χ1) is 11.5. The number of carbonyl (C=O) groups is 2. The van der Waals surface area contributed by atoms with E-state index in [1.54, 1.807) is 11.0 Å². The van der Waals surface area contributed by atoms with Crippen LogP contribution in [0.3, 0.4) is 0 Å². The van der Waals surface area contributed by atoms with Crippen LogP contribution in [0.1, 0.15) is 24.5 Å². The van der Waals surface area contributed by atoms with E-state index >= 15 is 0 Å². The maximum atomic E-state index is 11.4. The SMILES string of the molecule is O=C(O)NCCOC(c1cccc(Cl)c1)[C@@H]1CCCN(C(=O)Cl)C1. The molecule has 1 aromatic rings. The van der Waals surface area contributed by atoms with Crippen molar-refractivity contribution in [2.24, 2.45) is 5.92 Å². The highest BCUT2D eigenvalue weighted by Crippen LogP contribution is 2.34. The average molecular weight is 375 g/mol. The van der Waals surface area contributed by atoms with Crippen molar-refractivity contribution in [1.82, 2.24) is 10.2 Å². The number of hydrogen-bond donors (Lipinski definition) is 2. The van der Waals surface area contributed by atoms with Crippen molar-refractivity contribution in [1.29, 1.82) is 0 Å². The molecule has 0 radical (unpaired) electrons. The summed E-state index contributed by atoms with van der Waals surface area (Å²) in [6.45, 7) is 1.57. The van der Waals surface area contributed by atoms with E-state index in [9.17, 15) is 9.59 Å². The zero-order valence-corrected chi connectivity index (χ0v) is 14.6. The highest BCUT2D eigenvalue weighted by atomic mass is 35.5. The van der Waals surface area contributed by atoms with Gasteiger partial charge in [-0.05, 0) is 42.1 Å². The molecule has 8 heteroatoms. The molecule has 0 aliphatic carbocycles. The standard InChI is InChI=1S/C16H20Cl2N2O4/c17-13-5-1-3-11(9-13)14(24-8-6-19-16(22)23)12-4-2-7-20(10-12)15(18)21/h1,3,5,9,12,14,19H,2,4,6-8,10H2,(H,22,23)/t12-,14?/m1/s1. The molecule has 2 atom stereocenters. The van der Waals surface area contributed by atoms with Crippen molar-refractivity contribution in [3.63, 3.8) is 0 Å². The van der Waals surface area contributed by atoms with Gasteiger partial charge < -0.3 is 20.1 Å². The van der Waals surface area contributed by atoms with Crippen LogP contribution in [0.5, 0.6) is 0 Å². The normalized spacial score (nSPS) is 18.9. The Hall–Kier alpha value is -1.50. The molecule has 1 aliphatic rings. The van der Waals surface area contributed by atoms with Crippen LogP contribution in [0.4, 0.5) is 9.59 Å². The van der Waals surface area contributed by atoms with Gasteiger partial charge in [-0.1, -0.05) is 23.7 Å². The minimum atomic E-state index is -1.09. The Labute approximate surface area is 150 Å². The van der Waals surface area contributed by atoms with Crippen LogP contribution in [0.2, 0.25) is 5.02 Å². The Bertz CT molecular complexity index is 585. The number of halogens is 2. The van der Waals surface area contributed by atoms with Gasteiger partial charge in [-0.25, -0.2) is 4.79 Å². The Kier molecular flexibility index (Phi) is 7.15. The smallest absolute Gasteiger partial charge is 0.404 e. The zero-order chi connectivity index (χ0) is 17.5. The molecule has 0 bridgehead atoms. The average Bonchev–Trinajstić information content (AvgIpc) is 2.54. The minimum absolute atomic E-state index is 0.0738. The number of hydrogen-bond acceptors (Lipinski definition) is 3. The Morgan fingerprint density at radius 3 is 2.92 bits per heavy atom. The Balaban J connectivity index is 2.09. The van der Waals surface area contributed by atoms with Crippen LogP contribution < -0.4 is 5.32 Å². The molecule has 1 saturated heterocycles. The summed E-state index contributed by atoms with van der Waals surface area (Å²) in [7, 11) is 0. The van der Waals surface area contributed by atoms with Gasteiger partial charge in [-0.3, -0.25) is 4.79 Å². The maximum Gasteiger partial charge on any atom is 0.404 e. The fourth-order valence-electron chi connectivity index (χ4n) is 2.95. The van der Waals surface area contributed by atoms with Gasteiger partial charge in [0, 0.05) is 30.6 Å². The Morgan fingerprint density at radius 1 is 1.46 bits per heavy atom. The summed E-state index contributed by atoms with van der Waals surface area (Å²) in [6, 6.07) is 7.38. The van der Waals surface area contributed by atoms with Crippen LogP contribution in [0, 0.1) is 5.92 Å². The largest absolute Gasteiger partial charge is 0.465 e. The lowest BCUT2D eigenvalue weighted by Crippen LogP contribution is -2.40. The molecule has 6 nitrogen and oxygen atoms in total. The van der Waals surface area contributed by atoms with E-state index in [0.29, 0.717) is 18.1 Å². The van der Waals surface area contributed by atoms with Gasteiger partial charge in [0.2, 0.25) is 0 Å². The second-order valence-corrected chi connectivity index (χ2v) is 6.44. The molecule has 0 spiro atoms. The van der Waals surface area contributed by atoms with Crippen LogP contribution in [0.25, 0.3) is 0 Å². The molecule has 1 heterocycles. The third-order valence-corrected chi connectivity index (χ3v) is 4.46. The molecule has 1 fully saturated rings. The molecule has 2 N–H and O–H groups in total. The zero-order valence-electron chi connectivity index (χ0n) is 13.1. The van der Waals surface area contributed by atoms with Crippen molar-refractivity contribution in [2.45, 2.75) is 18.9 Å². The molecule has 1 aromatic carbocycles. The minimum Gasteiger partial charge on any atom is -0.465 e. The molecule has 2 rings (SSSR count). The topological polar surface area (TPSA) is 78.9 Å². The molecular formula is C16H20Cl2N2O4. The molecular weight excluding hydrogens is 355 g/mol. The van der Waals surface area contributed by atoms with Crippen molar-refractivity contribution < 1.29 is 19.4 Å². The molecule has 1 unspecified atom stereocenters. The number of nitrogens with one attached hydrogen (secondary N) is 1. The third kappa shape index (κ3) is 5.54. The first-order valence-corrected chi connectivity index (χ1v) is 8.51. The second-order valence-electron chi connectivity index (χ2n) is 5.68. The molecule has 0 saturated carbocycles. The van der Waals surface area contributed by atoms with E-state index < -0.39 is 11.5 Å². The number of piperidine rings is 1. The number of ether oxygens (including phenoxy) is 1. The lowest BCUT2D eigenvalue weighted by molar-refractivity contribution is -0.00702. The molecule has 132 valence electrons. The first-order valence-electron chi connectivity index (χ1n) is 7.75. The van der Waals surface area contributed by atoms with Crippen molar-refractivity contribution >= 4 is 34.7 Å². The van der Waals surface area contributed by atoms with E-state index in [1.165, 1.54) is 0 Å². The number of benzene rings is 1. The van der Waals surface area contributed by atoms with Gasteiger partial charge in [0.25, 0.3) is 0 Å². The number of nitrogens with zero attached hydrogens (tertiary/aromatic N) is 1. The maximum absolute atomic E-state index is 11.4. The summed E-state index contributed by atoms with van der Waals surface area (Å²) in [4.78, 5) is 23.6. The fraction of sp³-hybridized carbons (Fsp3) is 0.500. The second kappa shape index (κ2) is 9.11. The van der Waals surface area contributed by atoms with E-state index in [1.807, 2.05) is 18.2 Å². The van der Waals surface area contributed by atoms with Crippen molar-refractivity contribution in [3.05, 3.63) is 34.9 Å². The highest BCUT2D eigenvalue weighted by Gasteiger charge is 2.30. The first kappa shape index (κ1) is 18.8. The van der Waals surface area contributed by atoms with Crippen LogP contribution in [0.15, 0.2) is 24.3 Å². The van der Waals surface area contributed by atoms with E-state index in [0.717, 1.165) is 18.4 Å². The summed E-state index contributed by atoms with van der Waals surface area (Å²) in [5.41, 5.74) is 0.909. The highest BCUT2D eigenvalue weighted by molar-refractivity contribution is 6.62. The lowest BCUT2D eigenvalue weighted by atomic mass is 9.88. The summed E-state index contributed by atoms with van der Waals surface area (Å²) in [5.74, 6) is 0.0738. The van der Waals surface area contributed by atoms with Crippen molar-refractivity contribution in [3.8, 4) is 0 Å². The number of likely N-dealkylation sites (tertiary alicyclic amines) is 1. The van der Waals surface area contributed by atoms with Gasteiger partial charge in [0.15, 0.2) is 0 Å². The van der Waals surface area contributed by atoms with Gasteiger partial charge >= 0.3 is 11.5 Å². The summed E-state index contributed by atoms with van der Waals surface area (Å²) in [5, 5.41) is 11.0. The number of amides is 2. The lowest BCUT2D eigenvalue weighted by Gasteiger charge is -2.36. The quantitative estimate of drug-likeness (QED) is 0.451. The summed E-state index contributed by atoms with van der Waals surface area (Å²) < 4.78 is 5.94. The third-order valence-electron chi connectivity index (χ3n) is 3.99. The van der Waals surface area contributed by atoms with E-state index in [2.05, 4.69) is 5.32 Å². The number of rotatable bonds is 6. The molecule has 1 aliphatic heterocycles. The van der Waals surface area contributed by atoms with Crippen LogP contribution >= 0.6 is 23.2 Å². The predicted octanol–water partition coefficient (Wildman–Crippen LogP) is 3.74.